The number of carbonyl (C=O) groups excluding carboxylic acids is 1. The molecule has 0 aliphatic carbocycles. The lowest BCUT2D eigenvalue weighted by Crippen LogP contribution is -2.34. The highest BCUT2D eigenvalue weighted by Crippen LogP contribution is 2.30. The second kappa shape index (κ2) is 6.21. The minimum Gasteiger partial charge on any atom is -0.479 e. The molecule has 2 rings (SSSR count). The second-order valence-corrected chi connectivity index (χ2v) is 4.49. The average molecular weight is 259 g/mol. The zero-order valence-electron chi connectivity index (χ0n) is 10.9. The fourth-order valence-electron chi connectivity index (χ4n) is 1.91. The number of anilines is 1. The molecule has 0 spiro atoms. The van der Waals surface area contributed by atoms with E-state index in [0.29, 0.717) is 18.7 Å². The van der Waals surface area contributed by atoms with Gasteiger partial charge in [-0.25, -0.2) is 0 Å². The minimum atomic E-state index is -0.439. The van der Waals surface area contributed by atoms with E-state index in [-0.39, 0.29) is 5.91 Å². The zero-order chi connectivity index (χ0) is 13.7. The third-order valence-electron chi connectivity index (χ3n) is 2.98. The number of hydrogen-bond acceptors (Lipinski definition) is 4. The summed E-state index contributed by atoms with van der Waals surface area (Å²) >= 11 is 0. The number of carbonyl (C=O) groups is 1. The van der Waals surface area contributed by atoms with E-state index in [1.165, 1.54) is 0 Å². The van der Waals surface area contributed by atoms with Crippen molar-refractivity contribution in [2.75, 3.05) is 18.4 Å². The van der Waals surface area contributed by atoms with Crippen molar-refractivity contribution in [2.24, 2.45) is 0 Å². The van der Waals surface area contributed by atoms with Crippen LogP contribution in [-0.4, -0.2) is 25.1 Å². The highest BCUT2D eigenvalue weighted by Gasteiger charge is 2.23. The summed E-state index contributed by atoms with van der Waals surface area (Å²) in [4.78, 5) is 11.5. The first-order valence-electron chi connectivity index (χ1n) is 6.39. The number of nitrogens with zero attached hydrogens (tertiary/aromatic N) is 1. The van der Waals surface area contributed by atoms with Gasteiger partial charge in [-0.1, -0.05) is 6.07 Å². The maximum absolute atomic E-state index is 11.5. The van der Waals surface area contributed by atoms with Crippen LogP contribution in [0.2, 0.25) is 0 Å². The number of amides is 1. The van der Waals surface area contributed by atoms with Gasteiger partial charge >= 0.3 is 0 Å². The molecule has 0 saturated carbocycles. The largest absolute Gasteiger partial charge is 0.479 e. The van der Waals surface area contributed by atoms with Gasteiger partial charge in [0.2, 0.25) is 0 Å². The summed E-state index contributed by atoms with van der Waals surface area (Å²) in [5.41, 5.74) is 1.86. The molecule has 0 aromatic heterocycles. The van der Waals surface area contributed by atoms with Gasteiger partial charge in [0.1, 0.15) is 5.75 Å². The van der Waals surface area contributed by atoms with Crippen LogP contribution in [0.25, 0.3) is 0 Å². The van der Waals surface area contributed by atoms with Gasteiger partial charge < -0.3 is 15.4 Å². The van der Waals surface area contributed by atoms with Crippen molar-refractivity contribution in [3.8, 4) is 11.8 Å². The highest BCUT2D eigenvalue weighted by molar-refractivity contribution is 5.97. The van der Waals surface area contributed by atoms with Crippen molar-refractivity contribution >= 4 is 11.6 Å². The first-order chi connectivity index (χ1) is 9.20. The molecule has 1 aliphatic heterocycles. The van der Waals surface area contributed by atoms with Gasteiger partial charge in [0.15, 0.2) is 6.10 Å². The van der Waals surface area contributed by atoms with Crippen LogP contribution in [0.4, 0.5) is 5.69 Å². The van der Waals surface area contributed by atoms with E-state index >= 15 is 0 Å². The Kier molecular flexibility index (Phi) is 4.37. The van der Waals surface area contributed by atoms with Gasteiger partial charge in [-0.3, -0.25) is 4.79 Å². The monoisotopic (exact) mass is 259 g/mol. The molecular weight excluding hydrogens is 242 g/mol. The highest BCUT2D eigenvalue weighted by atomic mass is 16.5. The molecule has 0 bridgehead atoms. The SMILES string of the molecule is CC1Oc2ccc(CCNCCC#N)cc2NC1=O. The summed E-state index contributed by atoms with van der Waals surface area (Å²) in [6.45, 7) is 3.25. The van der Waals surface area contributed by atoms with Crippen LogP contribution in [-0.2, 0) is 11.2 Å². The topological polar surface area (TPSA) is 74.2 Å². The van der Waals surface area contributed by atoms with Gasteiger partial charge in [0, 0.05) is 13.0 Å². The van der Waals surface area contributed by atoms with E-state index in [9.17, 15) is 4.79 Å². The molecule has 100 valence electrons. The van der Waals surface area contributed by atoms with Crippen molar-refractivity contribution in [1.82, 2.24) is 5.32 Å². The Hall–Kier alpha value is -2.06. The lowest BCUT2D eigenvalue weighted by Gasteiger charge is -2.23. The quantitative estimate of drug-likeness (QED) is 0.785. The summed E-state index contributed by atoms with van der Waals surface area (Å²) in [7, 11) is 0. The molecule has 1 aromatic carbocycles. The Balaban J connectivity index is 1.92. The maximum atomic E-state index is 11.5. The molecule has 1 atom stereocenters. The Labute approximate surface area is 112 Å². The fraction of sp³-hybridized carbons (Fsp3) is 0.429. The first-order valence-corrected chi connectivity index (χ1v) is 6.39. The molecule has 19 heavy (non-hydrogen) atoms. The van der Waals surface area contributed by atoms with Crippen molar-refractivity contribution in [1.29, 1.82) is 5.26 Å². The molecule has 5 nitrogen and oxygen atoms in total. The number of ether oxygens (including phenoxy) is 1. The van der Waals surface area contributed by atoms with E-state index < -0.39 is 6.10 Å². The van der Waals surface area contributed by atoms with E-state index in [1.54, 1.807) is 6.92 Å². The summed E-state index contributed by atoms with van der Waals surface area (Å²) in [6.07, 6.45) is 0.932. The van der Waals surface area contributed by atoms with Gasteiger partial charge in [-0.15, -0.1) is 0 Å². The third kappa shape index (κ3) is 3.46. The normalized spacial score (nSPS) is 17.1. The summed E-state index contributed by atoms with van der Waals surface area (Å²) in [5, 5.41) is 14.4. The summed E-state index contributed by atoms with van der Waals surface area (Å²) in [5.74, 6) is 0.602. The predicted molar refractivity (Wildman–Crippen MR) is 72.0 cm³/mol. The van der Waals surface area contributed by atoms with Crippen molar-refractivity contribution in [2.45, 2.75) is 25.9 Å². The number of benzene rings is 1. The number of hydrogen-bond donors (Lipinski definition) is 2. The Morgan fingerprint density at radius 3 is 3.11 bits per heavy atom. The molecule has 1 heterocycles. The Bertz CT molecular complexity index is 508. The lowest BCUT2D eigenvalue weighted by molar-refractivity contribution is -0.122. The van der Waals surface area contributed by atoms with E-state index in [0.717, 1.165) is 24.2 Å². The molecule has 2 N–H and O–H groups in total. The molecule has 5 heteroatoms. The van der Waals surface area contributed by atoms with Crippen LogP contribution in [0, 0.1) is 11.3 Å². The molecular formula is C14H17N3O2. The third-order valence-corrected chi connectivity index (χ3v) is 2.98. The zero-order valence-corrected chi connectivity index (χ0v) is 10.9. The molecule has 1 aromatic rings. The smallest absolute Gasteiger partial charge is 0.265 e. The minimum absolute atomic E-state index is 0.114. The first kappa shape index (κ1) is 13.4. The van der Waals surface area contributed by atoms with E-state index in [1.807, 2.05) is 18.2 Å². The lowest BCUT2D eigenvalue weighted by atomic mass is 10.1. The standard InChI is InChI=1S/C14H17N3O2/c1-10-14(18)17-12-9-11(3-4-13(12)19-10)5-8-16-7-2-6-15/h3-4,9-10,16H,2,5,7-8H2,1H3,(H,17,18). The van der Waals surface area contributed by atoms with E-state index in [2.05, 4.69) is 16.7 Å². The molecule has 0 saturated heterocycles. The van der Waals surface area contributed by atoms with Crippen LogP contribution in [0.1, 0.15) is 18.9 Å². The van der Waals surface area contributed by atoms with Gasteiger partial charge in [0.05, 0.1) is 11.8 Å². The van der Waals surface area contributed by atoms with Crippen molar-refractivity contribution in [3.05, 3.63) is 23.8 Å². The van der Waals surface area contributed by atoms with Gasteiger partial charge in [-0.05, 0) is 37.6 Å². The Morgan fingerprint density at radius 2 is 2.32 bits per heavy atom. The van der Waals surface area contributed by atoms with Crippen molar-refractivity contribution in [3.63, 3.8) is 0 Å². The van der Waals surface area contributed by atoms with Crippen LogP contribution >= 0.6 is 0 Å². The van der Waals surface area contributed by atoms with E-state index in [4.69, 9.17) is 10.00 Å². The van der Waals surface area contributed by atoms with Gasteiger partial charge in [0.25, 0.3) is 5.91 Å². The van der Waals surface area contributed by atoms with Crippen molar-refractivity contribution < 1.29 is 9.53 Å². The number of rotatable bonds is 5. The van der Waals surface area contributed by atoms with Crippen LogP contribution in [0.3, 0.4) is 0 Å². The van der Waals surface area contributed by atoms with Gasteiger partial charge in [-0.2, -0.15) is 5.26 Å². The van der Waals surface area contributed by atoms with Crippen LogP contribution in [0.5, 0.6) is 5.75 Å². The second-order valence-electron chi connectivity index (χ2n) is 4.49. The molecule has 1 amide bonds. The fourth-order valence-corrected chi connectivity index (χ4v) is 1.91. The molecule has 1 aliphatic rings. The Morgan fingerprint density at radius 1 is 1.47 bits per heavy atom. The molecule has 0 radical (unpaired) electrons. The average Bonchev–Trinajstić information content (AvgIpc) is 2.40. The molecule has 0 fully saturated rings. The van der Waals surface area contributed by atoms with Crippen LogP contribution < -0.4 is 15.4 Å². The molecule has 1 unspecified atom stereocenters. The number of nitrogens with one attached hydrogen (secondary N) is 2. The maximum Gasteiger partial charge on any atom is 0.265 e. The number of nitriles is 1. The predicted octanol–water partition coefficient (Wildman–Crippen LogP) is 1.45. The van der Waals surface area contributed by atoms with Crippen LogP contribution in [0.15, 0.2) is 18.2 Å². The summed E-state index contributed by atoms with van der Waals surface area (Å²) < 4.78 is 5.49. The number of fused-ring (bicyclic) bond motifs is 1. The summed E-state index contributed by atoms with van der Waals surface area (Å²) in [6, 6.07) is 7.91.